The predicted molar refractivity (Wildman–Crippen MR) is 69.5 cm³/mol. The van der Waals surface area contributed by atoms with Crippen LogP contribution in [0.3, 0.4) is 0 Å². The first kappa shape index (κ1) is 11.4. The highest BCUT2D eigenvalue weighted by atomic mass is 35.5. The molecule has 1 aromatic carbocycles. The summed E-state index contributed by atoms with van der Waals surface area (Å²) in [7, 11) is 0. The van der Waals surface area contributed by atoms with Gasteiger partial charge in [0.25, 0.3) is 0 Å². The van der Waals surface area contributed by atoms with Crippen LogP contribution >= 0.6 is 11.6 Å². The smallest absolute Gasteiger partial charge is 0.137 e. The fraction of sp³-hybridized carbons (Fsp3) is 0.571. The molecule has 0 spiro atoms. The first-order chi connectivity index (χ1) is 8.15. The van der Waals surface area contributed by atoms with Crippen LogP contribution in [0.25, 0.3) is 0 Å². The van der Waals surface area contributed by atoms with E-state index >= 15 is 0 Å². The van der Waals surface area contributed by atoms with Crippen molar-refractivity contribution in [3.63, 3.8) is 0 Å². The summed E-state index contributed by atoms with van der Waals surface area (Å²) < 4.78 is 5.70. The average Bonchev–Trinajstić information content (AvgIpc) is 3.16. The summed E-state index contributed by atoms with van der Waals surface area (Å²) in [6.45, 7) is 0.805. The molecular weight excluding hydrogens is 234 g/mol. The zero-order valence-corrected chi connectivity index (χ0v) is 10.7. The molecule has 2 aliphatic rings. The Kier molecular flexibility index (Phi) is 2.80. The van der Waals surface area contributed by atoms with Crippen molar-refractivity contribution in [2.45, 2.75) is 37.6 Å². The summed E-state index contributed by atoms with van der Waals surface area (Å²) in [4.78, 5) is 0. The van der Waals surface area contributed by atoms with Crippen molar-refractivity contribution in [1.82, 2.24) is 0 Å². The van der Waals surface area contributed by atoms with Crippen molar-refractivity contribution < 1.29 is 4.74 Å². The van der Waals surface area contributed by atoms with E-state index in [-0.39, 0.29) is 5.54 Å². The van der Waals surface area contributed by atoms with Gasteiger partial charge in [-0.05, 0) is 55.7 Å². The normalized spacial score (nSPS) is 21.3. The average molecular weight is 252 g/mol. The van der Waals surface area contributed by atoms with Crippen LogP contribution in [0.4, 0.5) is 0 Å². The summed E-state index contributed by atoms with van der Waals surface area (Å²) in [6, 6.07) is 6.06. The van der Waals surface area contributed by atoms with Crippen LogP contribution in [-0.2, 0) is 6.42 Å². The Hall–Kier alpha value is -0.730. The highest BCUT2D eigenvalue weighted by Gasteiger charge is 2.38. The van der Waals surface area contributed by atoms with Crippen LogP contribution < -0.4 is 10.5 Å². The van der Waals surface area contributed by atoms with Crippen LogP contribution in [0.1, 0.15) is 31.2 Å². The minimum atomic E-state index is 0.0414. The third kappa shape index (κ3) is 2.93. The van der Waals surface area contributed by atoms with Crippen LogP contribution in [0, 0.1) is 5.92 Å². The molecule has 1 aromatic rings. The van der Waals surface area contributed by atoms with Gasteiger partial charge in [-0.25, -0.2) is 0 Å². The molecule has 3 rings (SSSR count). The SMILES string of the molecule is NC1(Cc2ccc(OCC3CC3)c(Cl)c2)CC1. The van der Waals surface area contributed by atoms with Crippen LogP contribution in [0.15, 0.2) is 18.2 Å². The van der Waals surface area contributed by atoms with Crippen LogP contribution in [0.5, 0.6) is 5.75 Å². The van der Waals surface area contributed by atoms with Gasteiger partial charge in [0.15, 0.2) is 0 Å². The third-order valence-electron chi connectivity index (χ3n) is 3.62. The second-order valence-electron chi connectivity index (χ2n) is 5.56. The fourth-order valence-corrected chi connectivity index (χ4v) is 2.27. The monoisotopic (exact) mass is 251 g/mol. The summed E-state index contributed by atoms with van der Waals surface area (Å²) >= 11 is 6.22. The highest BCUT2D eigenvalue weighted by Crippen LogP contribution is 2.37. The van der Waals surface area contributed by atoms with E-state index in [1.807, 2.05) is 12.1 Å². The molecule has 2 nitrogen and oxygen atoms in total. The van der Waals surface area contributed by atoms with Gasteiger partial charge >= 0.3 is 0 Å². The Morgan fingerprint density at radius 2 is 2.12 bits per heavy atom. The molecule has 0 heterocycles. The number of rotatable bonds is 5. The molecule has 2 saturated carbocycles. The predicted octanol–water partition coefficient (Wildman–Crippen LogP) is 3.16. The van der Waals surface area contributed by atoms with Crippen molar-refractivity contribution in [2.24, 2.45) is 11.7 Å². The van der Waals surface area contributed by atoms with Gasteiger partial charge in [-0.3, -0.25) is 0 Å². The minimum absolute atomic E-state index is 0.0414. The number of benzene rings is 1. The molecule has 0 aliphatic heterocycles. The lowest BCUT2D eigenvalue weighted by molar-refractivity contribution is 0.300. The molecule has 92 valence electrons. The van der Waals surface area contributed by atoms with Gasteiger partial charge in [0, 0.05) is 5.54 Å². The van der Waals surface area contributed by atoms with E-state index in [2.05, 4.69) is 6.07 Å². The second-order valence-corrected chi connectivity index (χ2v) is 5.97. The molecule has 2 aliphatic carbocycles. The molecule has 0 bridgehead atoms. The molecule has 0 atom stereocenters. The minimum Gasteiger partial charge on any atom is -0.492 e. The Morgan fingerprint density at radius 3 is 2.71 bits per heavy atom. The molecular formula is C14H18ClNO. The maximum Gasteiger partial charge on any atom is 0.137 e. The molecule has 0 saturated heterocycles. The largest absolute Gasteiger partial charge is 0.492 e. The standard InChI is InChI=1S/C14H18ClNO/c15-12-7-11(8-14(16)5-6-14)3-4-13(12)17-9-10-1-2-10/h3-4,7,10H,1-2,5-6,8-9,16H2. The zero-order valence-electron chi connectivity index (χ0n) is 9.92. The lowest BCUT2D eigenvalue weighted by Gasteiger charge is -2.11. The van der Waals surface area contributed by atoms with E-state index in [1.165, 1.54) is 18.4 Å². The maximum absolute atomic E-state index is 6.22. The van der Waals surface area contributed by atoms with Crippen molar-refractivity contribution in [2.75, 3.05) is 6.61 Å². The summed E-state index contributed by atoms with van der Waals surface area (Å²) in [5, 5.41) is 0.715. The van der Waals surface area contributed by atoms with E-state index in [9.17, 15) is 0 Å². The van der Waals surface area contributed by atoms with Gasteiger partial charge in [0.05, 0.1) is 11.6 Å². The lowest BCUT2D eigenvalue weighted by Crippen LogP contribution is -2.24. The highest BCUT2D eigenvalue weighted by molar-refractivity contribution is 6.32. The maximum atomic E-state index is 6.22. The summed E-state index contributed by atoms with van der Waals surface area (Å²) in [6.07, 6.45) is 5.78. The molecule has 0 amide bonds. The van der Waals surface area contributed by atoms with Crippen molar-refractivity contribution in [3.05, 3.63) is 28.8 Å². The van der Waals surface area contributed by atoms with E-state index in [0.29, 0.717) is 5.02 Å². The molecule has 2 fully saturated rings. The fourth-order valence-electron chi connectivity index (χ4n) is 2.01. The van der Waals surface area contributed by atoms with E-state index < -0.39 is 0 Å². The van der Waals surface area contributed by atoms with Gasteiger partial charge in [-0.1, -0.05) is 17.7 Å². The lowest BCUT2D eigenvalue weighted by atomic mass is 10.1. The molecule has 17 heavy (non-hydrogen) atoms. The van der Waals surface area contributed by atoms with Crippen molar-refractivity contribution in [1.29, 1.82) is 0 Å². The van der Waals surface area contributed by atoms with Gasteiger partial charge in [-0.15, -0.1) is 0 Å². The molecule has 0 unspecified atom stereocenters. The van der Waals surface area contributed by atoms with Crippen molar-refractivity contribution >= 4 is 11.6 Å². The number of halogens is 1. The van der Waals surface area contributed by atoms with Gasteiger partial charge in [-0.2, -0.15) is 0 Å². The van der Waals surface area contributed by atoms with E-state index in [0.717, 1.165) is 37.5 Å². The van der Waals surface area contributed by atoms with E-state index in [4.69, 9.17) is 22.1 Å². The van der Waals surface area contributed by atoms with Crippen LogP contribution in [-0.4, -0.2) is 12.1 Å². The zero-order chi connectivity index (χ0) is 11.9. The first-order valence-corrected chi connectivity index (χ1v) is 6.73. The molecule has 0 radical (unpaired) electrons. The van der Waals surface area contributed by atoms with Crippen molar-refractivity contribution in [3.8, 4) is 5.75 Å². The number of hydrogen-bond acceptors (Lipinski definition) is 2. The first-order valence-electron chi connectivity index (χ1n) is 6.35. The van der Waals surface area contributed by atoms with Gasteiger partial charge < -0.3 is 10.5 Å². The summed E-state index contributed by atoms with van der Waals surface area (Å²) in [5.74, 6) is 1.56. The van der Waals surface area contributed by atoms with E-state index in [1.54, 1.807) is 0 Å². The number of ether oxygens (including phenoxy) is 1. The molecule has 3 heteroatoms. The Labute approximate surface area is 107 Å². The second kappa shape index (κ2) is 4.18. The Bertz CT molecular complexity index is 424. The molecule has 0 aromatic heterocycles. The topological polar surface area (TPSA) is 35.2 Å². The Morgan fingerprint density at radius 1 is 1.35 bits per heavy atom. The third-order valence-corrected chi connectivity index (χ3v) is 3.91. The van der Waals surface area contributed by atoms with Gasteiger partial charge in [0.2, 0.25) is 0 Å². The number of nitrogens with two attached hydrogens (primary N) is 1. The molecule has 2 N–H and O–H groups in total. The van der Waals surface area contributed by atoms with Crippen LogP contribution in [0.2, 0.25) is 5.02 Å². The summed E-state index contributed by atoms with van der Waals surface area (Å²) in [5.41, 5.74) is 7.36. The quantitative estimate of drug-likeness (QED) is 0.873. The number of hydrogen-bond donors (Lipinski definition) is 1. The Balaban J connectivity index is 1.64. The van der Waals surface area contributed by atoms with Gasteiger partial charge in [0.1, 0.15) is 5.75 Å².